The van der Waals surface area contributed by atoms with Gasteiger partial charge in [0.05, 0.1) is 12.6 Å². The highest BCUT2D eigenvalue weighted by molar-refractivity contribution is 6.30. The van der Waals surface area contributed by atoms with Crippen LogP contribution < -0.4 is 10.6 Å². The van der Waals surface area contributed by atoms with Gasteiger partial charge in [-0.05, 0) is 68.9 Å². The number of nitrogens with one attached hydrogen (secondary N) is 2. The quantitative estimate of drug-likeness (QED) is 0.767. The van der Waals surface area contributed by atoms with E-state index in [-0.39, 0.29) is 11.9 Å². The lowest BCUT2D eigenvalue weighted by atomic mass is 10.1. The van der Waals surface area contributed by atoms with Gasteiger partial charge in [-0.3, -0.25) is 9.69 Å². The molecular weight excluding hydrogens is 310 g/mol. The average Bonchev–Trinajstić information content (AvgIpc) is 3.20. The van der Waals surface area contributed by atoms with Crippen molar-refractivity contribution >= 4 is 17.5 Å². The summed E-state index contributed by atoms with van der Waals surface area (Å²) in [6.07, 6.45) is 5.07. The Kier molecular flexibility index (Phi) is 5.92. The van der Waals surface area contributed by atoms with Crippen LogP contribution in [0.2, 0.25) is 5.02 Å². The molecule has 1 aromatic rings. The van der Waals surface area contributed by atoms with E-state index in [0.717, 1.165) is 30.6 Å². The van der Waals surface area contributed by atoms with Crippen LogP contribution in [0.5, 0.6) is 0 Å². The minimum absolute atomic E-state index is 0.0804. The molecule has 1 aromatic carbocycles. The van der Waals surface area contributed by atoms with Gasteiger partial charge in [0.1, 0.15) is 0 Å². The number of halogens is 1. The van der Waals surface area contributed by atoms with Gasteiger partial charge in [-0.1, -0.05) is 23.7 Å². The summed E-state index contributed by atoms with van der Waals surface area (Å²) in [6, 6.07) is 8.21. The largest absolute Gasteiger partial charge is 0.353 e. The molecule has 1 unspecified atom stereocenters. The summed E-state index contributed by atoms with van der Waals surface area (Å²) in [4.78, 5) is 14.5. The Morgan fingerprint density at radius 1 is 1.30 bits per heavy atom. The zero-order valence-electron chi connectivity index (χ0n) is 13.6. The third-order valence-corrected chi connectivity index (χ3v) is 4.96. The van der Waals surface area contributed by atoms with Gasteiger partial charge in [-0.25, -0.2) is 0 Å². The van der Waals surface area contributed by atoms with Gasteiger partial charge in [-0.2, -0.15) is 0 Å². The van der Waals surface area contributed by atoms with Crippen LogP contribution in [-0.4, -0.2) is 43.5 Å². The van der Waals surface area contributed by atoms with Crippen LogP contribution in [0.1, 0.15) is 37.3 Å². The summed E-state index contributed by atoms with van der Waals surface area (Å²) in [5, 5.41) is 7.08. The Bertz CT molecular complexity index is 527. The average molecular weight is 336 g/mol. The number of likely N-dealkylation sites (tertiary alicyclic amines) is 1. The first-order valence-electron chi connectivity index (χ1n) is 8.69. The number of amides is 1. The van der Waals surface area contributed by atoms with Gasteiger partial charge in [0.25, 0.3) is 0 Å². The zero-order chi connectivity index (χ0) is 16.1. The molecule has 1 saturated heterocycles. The Balaban J connectivity index is 1.53. The maximum absolute atomic E-state index is 12.0. The summed E-state index contributed by atoms with van der Waals surface area (Å²) in [6.45, 7) is 4.21. The first-order valence-corrected chi connectivity index (χ1v) is 9.07. The molecule has 2 aliphatic rings. The van der Waals surface area contributed by atoms with Crippen molar-refractivity contribution < 1.29 is 4.79 Å². The molecule has 0 aromatic heterocycles. The normalized spacial score (nSPS) is 19.7. The number of rotatable bonds is 8. The lowest BCUT2D eigenvalue weighted by molar-refractivity contribution is -0.120. The molecule has 0 radical (unpaired) electrons. The molecule has 1 heterocycles. The van der Waals surface area contributed by atoms with E-state index in [0.29, 0.717) is 13.1 Å². The molecule has 2 fully saturated rings. The lowest BCUT2D eigenvalue weighted by Gasteiger charge is -2.28. The van der Waals surface area contributed by atoms with Gasteiger partial charge in [-0.15, -0.1) is 0 Å². The fourth-order valence-electron chi connectivity index (χ4n) is 3.21. The summed E-state index contributed by atoms with van der Waals surface area (Å²) in [5.74, 6) is 0.878. The van der Waals surface area contributed by atoms with Crippen LogP contribution >= 0.6 is 11.6 Å². The van der Waals surface area contributed by atoms with Crippen LogP contribution in [0.4, 0.5) is 0 Å². The summed E-state index contributed by atoms with van der Waals surface area (Å²) in [5.41, 5.74) is 1.19. The molecule has 1 amide bonds. The molecule has 1 aliphatic heterocycles. The van der Waals surface area contributed by atoms with E-state index < -0.39 is 0 Å². The van der Waals surface area contributed by atoms with Crippen molar-refractivity contribution in [2.45, 2.75) is 31.7 Å². The highest BCUT2D eigenvalue weighted by atomic mass is 35.5. The molecule has 1 saturated carbocycles. The second-order valence-electron chi connectivity index (χ2n) is 6.69. The van der Waals surface area contributed by atoms with Crippen LogP contribution in [-0.2, 0) is 4.79 Å². The first kappa shape index (κ1) is 16.7. The summed E-state index contributed by atoms with van der Waals surface area (Å²) in [7, 11) is 0. The standard InChI is InChI=1S/C18H26ClN3O/c19-16-5-3-4-15(10-16)17(22-8-1-2-9-22)12-21-18(23)13-20-11-14-6-7-14/h3-5,10,14,17,20H,1-2,6-9,11-13H2,(H,21,23). The Labute approximate surface area is 143 Å². The van der Waals surface area contributed by atoms with Gasteiger partial charge in [0, 0.05) is 11.6 Å². The number of carbonyl (C=O) groups is 1. The number of benzene rings is 1. The molecule has 126 valence electrons. The predicted octanol–water partition coefficient (Wildman–Crippen LogP) is 2.59. The Hall–Kier alpha value is -1.10. The van der Waals surface area contributed by atoms with E-state index in [1.165, 1.54) is 31.2 Å². The van der Waals surface area contributed by atoms with Crippen LogP contribution in [0, 0.1) is 5.92 Å². The van der Waals surface area contributed by atoms with E-state index in [1.807, 2.05) is 18.2 Å². The third-order valence-electron chi connectivity index (χ3n) is 4.72. The molecular formula is C18H26ClN3O. The predicted molar refractivity (Wildman–Crippen MR) is 93.6 cm³/mol. The zero-order valence-corrected chi connectivity index (χ0v) is 14.3. The number of nitrogens with zero attached hydrogens (tertiary/aromatic N) is 1. The second kappa shape index (κ2) is 8.13. The first-order chi connectivity index (χ1) is 11.2. The monoisotopic (exact) mass is 335 g/mol. The van der Waals surface area contributed by atoms with Crippen molar-refractivity contribution in [1.29, 1.82) is 0 Å². The van der Waals surface area contributed by atoms with Crippen molar-refractivity contribution in [3.8, 4) is 0 Å². The van der Waals surface area contributed by atoms with Gasteiger partial charge >= 0.3 is 0 Å². The molecule has 0 spiro atoms. The molecule has 2 N–H and O–H groups in total. The topological polar surface area (TPSA) is 44.4 Å². The van der Waals surface area contributed by atoms with Gasteiger partial charge in [0.2, 0.25) is 5.91 Å². The fraction of sp³-hybridized carbons (Fsp3) is 0.611. The lowest BCUT2D eigenvalue weighted by Crippen LogP contribution is -2.40. The SMILES string of the molecule is O=C(CNCC1CC1)NCC(c1cccc(Cl)c1)N1CCCC1. The molecule has 1 atom stereocenters. The highest BCUT2D eigenvalue weighted by Gasteiger charge is 2.24. The minimum Gasteiger partial charge on any atom is -0.353 e. The summed E-state index contributed by atoms with van der Waals surface area (Å²) >= 11 is 6.15. The fourth-order valence-corrected chi connectivity index (χ4v) is 3.41. The van der Waals surface area contributed by atoms with E-state index in [4.69, 9.17) is 11.6 Å². The maximum Gasteiger partial charge on any atom is 0.234 e. The summed E-state index contributed by atoms with van der Waals surface area (Å²) < 4.78 is 0. The molecule has 23 heavy (non-hydrogen) atoms. The van der Waals surface area contributed by atoms with Crippen LogP contribution in [0.15, 0.2) is 24.3 Å². The number of carbonyl (C=O) groups excluding carboxylic acids is 1. The smallest absolute Gasteiger partial charge is 0.234 e. The van der Waals surface area contributed by atoms with Crippen molar-refractivity contribution in [2.24, 2.45) is 5.92 Å². The van der Waals surface area contributed by atoms with E-state index in [1.54, 1.807) is 0 Å². The van der Waals surface area contributed by atoms with Crippen LogP contribution in [0.3, 0.4) is 0 Å². The third kappa shape index (κ3) is 5.20. The van der Waals surface area contributed by atoms with E-state index >= 15 is 0 Å². The molecule has 0 bridgehead atoms. The molecule has 4 nitrogen and oxygen atoms in total. The van der Waals surface area contributed by atoms with Crippen molar-refractivity contribution in [3.05, 3.63) is 34.9 Å². The number of hydrogen-bond donors (Lipinski definition) is 2. The van der Waals surface area contributed by atoms with Crippen molar-refractivity contribution in [1.82, 2.24) is 15.5 Å². The van der Waals surface area contributed by atoms with Crippen molar-refractivity contribution in [3.63, 3.8) is 0 Å². The molecule has 3 rings (SSSR count). The van der Waals surface area contributed by atoms with E-state index in [9.17, 15) is 4.79 Å². The molecule has 5 heteroatoms. The Morgan fingerprint density at radius 2 is 2.09 bits per heavy atom. The van der Waals surface area contributed by atoms with Crippen LogP contribution in [0.25, 0.3) is 0 Å². The highest BCUT2D eigenvalue weighted by Crippen LogP contribution is 2.27. The molecule has 1 aliphatic carbocycles. The number of hydrogen-bond acceptors (Lipinski definition) is 3. The maximum atomic E-state index is 12.0. The van der Waals surface area contributed by atoms with E-state index in [2.05, 4.69) is 21.6 Å². The second-order valence-corrected chi connectivity index (χ2v) is 7.13. The minimum atomic E-state index is 0.0804. The van der Waals surface area contributed by atoms with Gasteiger partial charge in [0.15, 0.2) is 0 Å². The van der Waals surface area contributed by atoms with Crippen molar-refractivity contribution in [2.75, 3.05) is 32.7 Å². The van der Waals surface area contributed by atoms with Gasteiger partial charge < -0.3 is 10.6 Å². The Morgan fingerprint density at radius 3 is 2.78 bits per heavy atom.